The van der Waals surface area contributed by atoms with Gasteiger partial charge >= 0.3 is 0 Å². The minimum Gasteiger partial charge on any atom is -0.389 e. The molecule has 0 radical (unpaired) electrons. The van der Waals surface area contributed by atoms with E-state index >= 15 is 0 Å². The Balaban J connectivity index is 1.85. The van der Waals surface area contributed by atoms with Crippen LogP contribution in [0.15, 0.2) is 5.38 Å². The number of hydrogen-bond acceptors (Lipinski definition) is 5. The minimum atomic E-state index is -0.534. The molecule has 1 aromatic rings. The molecular formula is C14H23N3O2S. The molecule has 1 amide bonds. The largest absolute Gasteiger partial charge is 0.389 e. The Morgan fingerprint density at radius 1 is 1.55 bits per heavy atom. The van der Waals surface area contributed by atoms with Crippen LogP contribution in [0.2, 0.25) is 0 Å². The monoisotopic (exact) mass is 297 g/mol. The number of rotatable bonds is 6. The Morgan fingerprint density at radius 3 is 2.85 bits per heavy atom. The molecule has 0 bridgehead atoms. The maximum absolute atomic E-state index is 11.5. The number of aromatic nitrogens is 1. The summed E-state index contributed by atoms with van der Waals surface area (Å²) in [5, 5.41) is 16.2. The molecule has 2 N–H and O–H groups in total. The Morgan fingerprint density at radius 2 is 2.25 bits per heavy atom. The summed E-state index contributed by atoms with van der Waals surface area (Å²) in [6, 6.07) is 0. The first kappa shape index (κ1) is 15.4. The van der Waals surface area contributed by atoms with E-state index in [1.165, 1.54) is 11.3 Å². The third-order valence-electron chi connectivity index (χ3n) is 3.76. The third-order valence-corrected chi connectivity index (χ3v) is 4.67. The van der Waals surface area contributed by atoms with Gasteiger partial charge in [-0.1, -0.05) is 12.8 Å². The normalized spacial score (nSPS) is 17.4. The minimum absolute atomic E-state index is 0.0154. The zero-order valence-corrected chi connectivity index (χ0v) is 13.0. The summed E-state index contributed by atoms with van der Waals surface area (Å²) in [4.78, 5) is 17.6. The molecule has 1 aromatic heterocycles. The van der Waals surface area contributed by atoms with Crippen LogP contribution in [0.25, 0.3) is 0 Å². The van der Waals surface area contributed by atoms with Crippen LogP contribution >= 0.6 is 11.3 Å². The molecule has 0 unspecified atom stereocenters. The van der Waals surface area contributed by atoms with Gasteiger partial charge in [0.15, 0.2) is 5.13 Å². The SMILES string of the molecule is CCN(C(C)=O)c1nc(CNCC2(O)CCCC2)cs1. The van der Waals surface area contributed by atoms with Crippen molar-refractivity contribution in [1.29, 1.82) is 0 Å². The van der Waals surface area contributed by atoms with E-state index in [1.807, 2.05) is 12.3 Å². The van der Waals surface area contributed by atoms with Crippen LogP contribution in [0.3, 0.4) is 0 Å². The van der Waals surface area contributed by atoms with Gasteiger partial charge in [0.25, 0.3) is 0 Å². The molecule has 0 aromatic carbocycles. The van der Waals surface area contributed by atoms with Gasteiger partial charge in [-0.2, -0.15) is 0 Å². The molecule has 0 aliphatic heterocycles. The lowest BCUT2D eigenvalue weighted by atomic mass is 10.0. The van der Waals surface area contributed by atoms with Gasteiger partial charge in [0, 0.05) is 31.9 Å². The van der Waals surface area contributed by atoms with Crippen LogP contribution in [-0.2, 0) is 11.3 Å². The lowest BCUT2D eigenvalue weighted by molar-refractivity contribution is -0.116. The molecule has 5 nitrogen and oxygen atoms in total. The molecule has 2 rings (SSSR count). The van der Waals surface area contributed by atoms with Crippen molar-refractivity contribution in [2.75, 3.05) is 18.0 Å². The molecule has 1 aliphatic rings. The third kappa shape index (κ3) is 3.77. The first-order valence-electron chi connectivity index (χ1n) is 7.20. The van der Waals surface area contributed by atoms with Crippen molar-refractivity contribution in [1.82, 2.24) is 10.3 Å². The highest BCUT2D eigenvalue weighted by molar-refractivity contribution is 7.14. The van der Waals surface area contributed by atoms with Crippen LogP contribution in [0, 0.1) is 0 Å². The van der Waals surface area contributed by atoms with E-state index in [1.54, 1.807) is 11.8 Å². The van der Waals surface area contributed by atoms with Crippen molar-refractivity contribution in [3.63, 3.8) is 0 Å². The fourth-order valence-corrected chi connectivity index (χ4v) is 3.56. The fraction of sp³-hybridized carbons (Fsp3) is 0.714. The summed E-state index contributed by atoms with van der Waals surface area (Å²) in [5.41, 5.74) is 0.388. The number of carbonyl (C=O) groups is 1. The first-order chi connectivity index (χ1) is 9.54. The van der Waals surface area contributed by atoms with Gasteiger partial charge in [0.05, 0.1) is 11.3 Å². The summed E-state index contributed by atoms with van der Waals surface area (Å²) in [6.07, 6.45) is 4.00. The molecule has 0 atom stereocenters. The molecule has 1 fully saturated rings. The summed E-state index contributed by atoms with van der Waals surface area (Å²) in [6.45, 7) is 5.38. The number of anilines is 1. The second-order valence-electron chi connectivity index (χ2n) is 5.42. The molecule has 0 spiro atoms. The molecule has 1 saturated carbocycles. The van der Waals surface area contributed by atoms with Gasteiger partial charge in [-0.05, 0) is 19.8 Å². The van der Waals surface area contributed by atoms with Crippen molar-refractivity contribution in [3.8, 4) is 0 Å². The Hall–Kier alpha value is -0.980. The van der Waals surface area contributed by atoms with Crippen LogP contribution in [0.1, 0.15) is 45.2 Å². The molecular weight excluding hydrogens is 274 g/mol. The lowest BCUT2D eigenvalue weighted by Crippen LogP contribution is -2.37. The average molecular weight is 297 g/mol. The van der Waals surface area contributed by atoms with Crippen LogP contribution in [-0.4, -0.2) is 34.7 Å². The van der Waals surface area contributed by atoms with E-state index in [9.17, 15) is 9.90 Å². The average Bonchev–Trinajstić information content (AvgIpc) is 3.00. The van der Waals surface area contributed by atoms with E-state index in [0.29, 0.717) is 19.6 Å². The standard InChI is InChI=1S/C14H23N3O2S/c1-3-17(11(2)18)13-16-12(9-20-13)8-15-10-14(19)6-4-5-7-14/h9,15,19H,3-8,10H2,1-2H3. The zero-order valence-electron chi connectivity index (χ0n) is 12.2. The quantitative estimate of drug-likeness (QED) is 0.842. The summed E-state index contributed by atoms with van der Waals surface area (Å²) in [5.74, 6) is 0.0154. The second kappa shape index (κ2) is 6.65. The number of nitrogens with zero attached hydrogens (tertiary/aromatic N) is 2. The van der Waals surface area contributed by atoms with Crippen molar-refractivity contribution in [2.24, 2.45) is 0 Å². The van der Waals surface area contributed by atoms with Crippen molar-refractivity contribution >= 4 is 22.4 Å². The Labute approximate surface area is 124 Å². The van der Waals surface area contributed by atoms with Crippen LogP contribution in [0.5, 0.6) is 0 Å². The maximum Gasteiger partial charge on any atom is 0.225 e. The van der Waals surface area contributed by atoms with Gasteiger partial charge in [0.1, 0.15) is 0 Å². The van der Waals surface area contributed by atoms with E-state index in [-0.39, 0.29) is 5.91 Å². The van der Waals surface area contributed by atoms with Crippen LogP contribution in [0.4, 0.5) is 5.13 Å². The highest BCUT2D eigenvalue weighted by Crippen LogP contribution is 2.28. The molecule has 1 aliphatic carbocycles. The summed E-state index contributed by atoms with van der Waals surface area (Å²) in [7, 11) is 0. The van der Waals surface area contributed by atoms with E-state index in [4.69, 9.17) is 0 Å². The molecule has 6 heteroatoms. The summed E-state index contributed by atoms with van der Waals surface area (Å²) >= 11 is 1.48. The number of carbonyl (C=O) groups excluding carboxylic acids is 1. The Kier molecular flexibility index (Phi) is 5.12. The topological polar surface area (TPSA) is 65.5 Å². The van der Waals surface area contributed by atoms with Crippen LogP contribution < -0.4 is 10.2 Å². The van der Waals surface area contributed by atoms with Gasteiger partial charge in [-0.25, -0.2) is 4.98 Å². The second-order valence-corrected chi connectivity index (χ2v) is 6.26. The number of amides is 1. The van der Waals surface area contributed by atoms with Crippen molar-refractivity contribution in [3.05, 3.63) is 11.1 Å². The predicted octanol–water partition coefficient (Wildman–Crippen LogP) is 1.91. The van der Waals surface area contributed by atoms with Crippen molar-refractivity contribution < 1.29 is 9.90 Å². The van der Waals surface area contributed by atoms with Gasteiger partial charge in [-0.3, -0.25) is 9.69 Å². The highest BCUT2D eigenvalue weighted by Gasteiger charge is 2.30. The first-order valence-corrected chi connectivity index (χ1v) is 8.07. The molecule has 1 heterocycles. The molecule has 20 heavy (non-hydrogen) atoms. The number of nitrogens with one attached hydrogen (secondary N) is 1. The van der Waals surface area contributed by atoms with Gasteiger partial charge in [0.2, 0.25) is 5.91 Å². The zero-order chi connectivity index (χ0) is 14.6. The number of thiazole rings is 1. The number of aliphatic hydroxyl groups is 1. The molecule has 112 valence electrons. The lowest BCUT2D eigenvalue weighted by Gasteiger charge is -2.22. The van der Waals surface area contributed by atoms with E-state index in [2.05, 4.69) is 10.3 Å². The van der Waals surface area contributed by atoms with E-state index < -0.39 is 5.60 Å². The smallest absolute Gasteiger partial charge is 0.225 e. The van der Waals surface area contributed by atoms with Gasteiger partial charge < -0.3 is 10.4 Å². The molecule has 0 saturated heterocycles. The highest BCUT2D eigenvalue weighted by atomic mass is 32.1. The maximum atomic E-state index is 11.5. The number of hydrogen-bond donors (Lipinski definition) is 2. The summed E-state index contributed by atoms with van der Waals surface area (Å²) < 4.78 is 0. The fourth-order valence-electron chi connectivity index (χ4n) is 2.63. The van der Waals surface area contributed by atoms with Gasteiger partial charge in [-0.15, -0.1) is 11.3 Å². The Bertz CT molecular complexity index is 455. The van der Waals surface area contributed by atoms with Crippen molar-refractivity contribution in [2.45, 2.75) is 51.7 Å². The predicted molar refractivity (Wildman–Crippen MR) is 80.9 cm³/mol. The van der Waals surface area contributed by atoms with E-state index in [0.717, 1.165) is 36.5 Å².